The molecule has 0 radical (unpaired) electrons. The van der Waals surface area contributed by atoms with Crippen LogP contribution < -0.4 is 16.4 Å². The lowest BCUT2D eigenvalue weighted by Crippen LogP contribution is -2.37. The number of carbonyl (C=O) groups excluding carboxylic acids is 3. The van der Waals surface area contributed by atoms with Gasteiger partial charge in [-0.25, -0.2) is 0 Å². The molecule has 1 aromatic carbocycles. The topological polar surface area (TPSA) is 111 Å². The Balaban J connectivity index is 2.33. The summed E-state index contributed by atoms with van der Waals surface area (Å²) in [6.07, 6.45) is 4.03. The van der Waals surface area contributed by atoms with Crippen LogP contribution in [0, 0.1) is 0 Å². The van der Waals surface area contributed by atoms with Gasteiger partial charge in [-0.1, -0.05) is 24.3 Å². The molecule has 0 unspecified atom stereocenters. The van der Waals surface area contributed by atoms with Gasteiger partial charge in [0.2, 0.25) is 17.7 Å². The monoisotopic (exact) mass is 377 g/mol. The van der Waals surface area contributed by atoms with Crippen LogP contribution in [0.3, 0.4) is 0 Å². The maximum Gasteiger partial charge on any atom is 0.219 e. The molecule has 0 saturated heterocycles. The van der Waals surface area contributed by atoms with Crippen LogP contribution in [0.2, 0.25) is 0 Å². The van der Waals surface area contributed by atoms with Crippen molar-refractivity contribution in [1.29, 1.82) is 0 Å². The zero-order valence-electron chi connectivity index (χ0n) is 16.3. The fraction of sp³-hybridized carbons (Fsp3) is 0.550. The molecule has 27 heavy (non-hydrogen) atoms. The van der Waals surface area contributed by atoms with Crippen molar-refractivity contribution in [1.82, 2.24) is 10.6 Å². The van der Waals surface area contributed by atoms with Crippen LogP contribution >= 0.6 is 0 Å². The maximum atomic E-state index is 11.2. The summed E-state index contributed by atoms with van der Waals surface area (Å²) in [6, 6.07) is 7.94. The fourth-order valence-corrected chi connectivity index (χ4v) is 2.66. The predicted octanol–water partition coefficient (Wildman–Crippen LogP) is 1.43. The molecular formula is C20H31N3O4. The van der Waals surface area contributed by atoms with Gasteiger partial charge in [0.05, 0.1) is 19.3 Å². The van der Waals surface area contributed by atoms with Crippen LogP contribution in [-0.2, 0) is 32.1 Å². The van der Waals surface area contributed by atoms with Crippen LogP contribution in [-0.4, -0.2) is 37.4 Å². The molecule has 1 rings (SSSR count). The minimum Gasteiger partial charge on any atom is -0.375 e. The average Bonchev–Trinajstić information content (AvgIpc) is 2.63. The SMILES string of the molecule is CNC(=O)CCCCc1ccc(COC[C@H](CCC(N)=O)NC(C)=O)cc1. The minimum atomic E-state index is -0.392. The smallest absolute Gasteiger partial charge is 0.219 e. The Morgan fingerprint density at radius 3 is 2.33 bits per heavy atom. The summed E-state index contributed by atoms with van der Waals surface area (Å²) in [7, 11) is 1.65. The highest BCUT2D eigenvalue weighted by atomic mass is 16.5. The van der Waals surface area contributed by atoms with Gasteiger partial charge in [-0.05, 0) is 36.8 Å². The first-order chi connectivity index (χ1) is 12.9. The Hall–Kier alpha value is -2.41. The van der Waals surface area contributed by atoms with Crippen molar-refractivity contribution in [2.75, 3.05) is 13.7 Å². The third kappa shape index (κ3) is 11.0. The van der Waals surface area contributed by atoms with E-state index in [1.54, 1.807) is 7.05 Å². The lowest BCUT2D eigenvalue weighted by molar-refractivity contribution is -0.121. The molecule has 1 atom stereocenters. The van der Waals surface area contributed by atoms with E-state index < -0.39 is 5.91 Å². The molecule has 0 aromatic heterocycles. The van der Waals surface area contributed by atoms with Crippen molar-refractivity contribution < 1.29 is 19.1 Å². The number of aryl methyl sites for hydroxylation is 1. The number of benzene rings is 1. The first-order valence-electron chi connectivity index (χ1n) is 9.32. The second kappa shape index (κ2) is 12.9. The molecule has 0 saturated carbocycles. The van der Waals surface area contributed by atoms with Crippen LogP contribution in [0.1, 0.15) is 50.2 Å². The van der Waals surface area contributed by atoms with Crippen molar-refractivity contribution in [3.8, 4) is 0 Å². The second-order valence-corrected chi connectivity index (χ2v) is 6.61. The fourth-order valence-electron chi connectivity index (χ4n) is 2.66. The Labute approximate surface area is 161 Å². The van der Waals surface area contributed by atoms with Crippen LogP contribution in [0.25, 0.3) is 0 Å². The van der Waals surface area contributed by atoms with Gasteiger partial charge >= 0.3 is 0 Å². The van der Waals surface area contributed by atoms with E-state index in [4.69, 9.17) is 10.5 Å². The van der Waals surface area contributed by atoms with Crippen molar-refractivity contribution in [3.63, 3.8) is 0 Å². The number of amides is 3. The van der Waals surface area contributed by atoms with Crippen molar-refractivity contribution in [3.05, 3.63) is 35.4 Å². The molecule has 7 heteroatoms. The first-order valence-corrected chi connectivity index (χ1v) is 9.32. The summed E-state index contributed by atoms with van der Waals surface area (Å²) >= 11 is 0. The van der Waals surface area contributed by atoms with Gasteiger partial charge in [0, 0.05) is 26.8 Å². The molecule has 4 N–H and O–H groups in total. The molecule has 0 fully saturated rings. The highest BCUT2D eigenvalue weighted by Crippen LogP contribution is 2.10. The van der Waals surface area contributed by atoms with Gasteiger partial charge in [-0.3, -0.25) is 14.4 Å². The Bertz CT molecular complexity index is 602. The van der Waals surface area contributed by atoms with Gasteiger partial charge in [0.15, 0.2) is 0 Å². The minimum absolute atomic E-state index is 0.0795. The second-order valence-electron chi connectivity index (χ2n) is 6.61. The summed E-state index contributed by atoms with van der Waals surface area (Å²) in [4.78, 5) is 33.3. The number of nitrogens with one attached hydrogen (secondary N) is 2. The van der Waals surface area contributed by atoms with E-state index in [-0.39, 0.29) is 24.3 Å². The lowest BCUT2D eigenvalue weighted by Gasteiger charge is -2.17. The van der Waals surface area contributed by atoms with Crippen molar-refractivity contribution in [2.45, 2.75) is 58.1 Å². The predicted molar refractivity (Wildman–Crippen MR) is 104 cm³/mol. The van der Waals surface area contributed by atoms with E-state index in [2.05, 4.69) is 22.8 Å². The standard InChI is InChI=1S/C20H31N3O4/c1-15(24)23-18(11-12-19(21)25)14-27-13-17-9-7-16(8-10-17)5-3-4-6-20(26)22-2/h7-10,18H,3-6,11-14H2,1-2H3,(H2,21,25)(H,22,26)(H,23,24)/t18-/m0/s1. The summed E-state index contributed by atoms with van der Waals surface area (Å²) in [5.74, 6) is -0.471. The van der Waals surface area contributed by atoms with Crippen LogP contribution in [0.4, 0.5) is 0 Å². The number of hydrogen-bond donors (Lipinski definition) is 3. The normalized spacial score (nSPS) is 11.6. The van der Waals surface area contributed by atoms with Gasteiger partial charge in [0.1, 0.15) is 0 Å². The van der Waals surface area contributed by atoms with Gasteiger partial charge in [-0.2, -0.15) is 0 Å². The van der Waals surface area contributed by atoms with E-state index in [0.717, 1.165) is 24.8 Å². The van der Waals surface area contributed by atoms with Crippen molar-refractivity contribution in [2.24, 2.45) is 5.73 Å². The summed E-state index contributed by atoms with van der Waals surface area (Å²) in [5.41, 5.74) is 7.43. The molecule has 0 aliphatic carbocycles. The lowest BCUT2D eigenvalue weighted by atomic mass is 10.1. The molecule has 0 heterocycles. The molecule has 0 spiro atoms. The van der Waals surface area contributed by atoms with E-state index in [1.165, 1.54) is 12.5 Å². The maximum absolute atomic E-state index is 11.2. The molecule has 150 valence electrons. The van der Waals surface area contributed by atoms with Crippen LogP contribution in [0.5, 0.6) is 0 Å². The van der Waals surface area contributed by atoms with E-state index in [0.29, 0.717) is 26.1 Å². The number of nitrogens with two attached hydrogens (primary N) is 1. The Kier molecular flexibility index (Phi) is 10.8. The number of primary amides is 1. The number of rotatable bonds is 13. The van der Waals surface area contributed by atoms with Gasteiger partial charge < -0.3 is 21.1 Å². The highest BCUT2D eigenvalue weighted by molar-refractivity contribution is 5.75. The quantitative estimate of drug-likeness (QED) is 0.452. The molecule has 1 aromatic rings. The molecule has 0 aliphatic heterocycles. The van der Waals surface area contributed by atoms with Gasteiger partial charge in [-0.15, -0.1) is 0 Å². The highest BCUT2D eigenvalue weighted by Gasteiger charge is 2.11. The van der Waals surface area contributed by atoms with Crippen LogP contribution in [0.15, 0.2) is 24.3 Å². The molecule has 0 aliphatic rings. The summed E-state index contributed by atoms with van der Waals surface area (Å²) in [5, 5.41) is 5.39. The third-order valence-corrected chi connectivity index (χ3v) is 4.16. The Morgan fingerprint density at radius 1 is 1.07 bits per heavy atom. The van der Waals surface area contributed by atoms with E-state index in [9.17, 15) is 14.4 Å². The van der Waals surface area contributed by atoms with Gasteiger partial charge in [0.25, 0.3) is 0 Å². The molecule has 7 nitrogen and oxygen atoms in total. The summed E-state index contributed by atoms with van der Waals surface area (Å²) < 4.78 is 5.68. The Morgan fingerprint density at radius 2 is 1.74 bits per heavy atom. The summed E-state index contributed by atoms with van der Waals surface area (Å²) in [6.45, 7) is 2.20. The number of unbranched alkanes of at least 4 members (excludes halogenated alkanes) is 1. The zero-order chi connectivity index (χ0) is 20.1. The third-order valence-electron chi connectivity index (χ3n) is 4.16. The van der Waals surface area contributed by atoms with Crippen molar-refractivity contribution >= 4 is 17.7 Å². The first kappa shape index (κ1) is 22.6. The van der Waals surface area contributed by atoms with E-state index >= 15 is 0 Å². The largest absolute Gasteiger partial charge is 0.375 e. The molecule has 0 bridgehead atoms. The molecule has 3 amide bonds. The van der Waals surface area contributed by atoms with E-state index in [1.807, 2.05) is 12.1 Å². The number of carbonyl (C=O) groups is 3. The average molecular weight is 377 g/mol. The molecular weight excluding hydrogens is 346 g/mol. The number of ether oxygens (including phenoxy) is 1. The zero-order valence-corrected chi connectivity index (χ0v) is 16.3. The number of hydrogen-bond acceptors (Lipinski definition) is 4.